The molecule has 182 valence electrons. The van der Waals surface area contributed by atoms with Gasteiger partial charge in [-0.1, -0.05) is 0 Å². The van der Waals surface area contributed by atoms with Gasteiger partial charge >= 0.3 is 0 Å². The molecule has 0 radical (unpaired) electrons. The maximum atomic E-state index is 12.6. The third-order valence-electron chi connectivity index (χ3n) is 6.27. The van der Waals surface area contributed by atoms with E-state index < -0.39 is 11.8 Å². The molecule has 2 saturated heterocycles. The molecule has 2 fully saturated rings. The second-order valence-corrected chi connectivity index (χ2v) is 8.64. The maximum absolute atomic E-state index is 12.6. The topological polar surface area (TPSA) is 102 Å². The first-order valence-corrected chi connectivity index (χ1v) is 12.0. The van der Waals surface area contributed by atoms with Crippen molar-refractivity contribution in [3.05, 3.63) is 72.2 Å². The molecule has 9 heteroatoms. The van der Waals surface area contributed by atoms with Crippen LogP contribution < -0.4 is 31.1 Å². The van der Waals surface area contributed by atoms with E-state index in [0.29, 0.717) is 11.4 Å². The lowest BCUT2D eigenvalue weighted by Crippen LogP contribution is -2.43. The molecule has 2 aliphatic rings. The van der Waals surface area contributed by atoms with Gasteiger partial charge in [0.1, 0.15) is 0 Å². The fourth-order valence-corrected chi connectivity index (χ4v) is 4.32. The molecule has 0 saturated carbocycles. The number of anilines is 4. The van der Waals surface area contributed by atoms with E-state index in [1.54, 1.807) is 0 Å². The fraction of sp³-hybridized carbons (Fsp3) is 0.308. The SMILES string of the molecule is O=C(Nc1ccc(N2CCNCC2)cc1)c1ccc(C(=O)Nc2ccc(N3CCNCC3)cc2)o1. The van der Waals surface area contributed by atoms with Crippen LogP contribution in [0.1, 0.15) is 21.1 Å². The zero-order chi connectivity index (χ0) is 24.0. The number of rotatable bonds is 6. The number of nitrogens with zero attached hydrogens (tertiary/aromatic N) is 2. The smallest absolute Gasteiger partial charge is 0.291 e. The van der Waals surface area contributed by atoms with E-state index in [1.807, 2.05) is 48.5 Å². The summed E-state index contributed by atoms with van der Waals surface area (Å²) in [7, 11) is 0. The third-order valence-corrected chi connectivity index (χ3v) is 6.27. The molecule has 3 aromatic rings. The van der Waals surface area contributed by atoms with Crippen molar-refractivity contribution in [3.63, 3.8) is 0 Å². The number of furan rings is 1. The summed E-state index contributed by atoms with van der Waals surface area (Å²) < 4.78 is 5.54. The number of hydrogen-bond acceptors (Lipinski definition) is 7. The van der Waals surface area contributed by atoms with Crippen LogP contribution in [0.5, 0.6) is 0 Å². The molecule has 35 heavy (non-hydrogen) atoms. The van der Waals surface area contributed by atoms with Crippen LogP contribution >= 0.6 is 0 Å². The summed E-state index contributed by atoms with van der Waals surface area (Å²) >= 11 is 0. The molecule has 2 amide bonds. The van der Waals surface area contributed by atoms with Gasteiger partial charge in [-0.25, -0.2) is 0 Å². The molecule has 0 spiro atoms. The predicted molar refractivity (Wildman–Crippen MR) is 138 cm³/mol. The molecule has 2 aromatic carbocycles. The van der Waals surface area contributed by atoms with E-state index >= 15 is 0 Å². The van der Waals surface area contributed by atoms with Crippen LogP contribution in [0.4, 0.5) is 22.7 Å². The fourth-order valence-electron chi connectivity index (χ4n) is 4.32. The number of benzene rings is 2. The van der Waals surface area contributed by atoms with Crippen molar-refractivity contribution in [2.75, 3.05) is 72.8 Å². The average molecular weight is 475 g/mol. The lowest BCUT2D eigenvalue weighted by Gasteiger charge is -2.29. The number of piperazine rings is 2. The van der Waals surface area contributed by atoms with Crippen molar-refractivity contribution in [2.24, 2.45) is 0 Å². The average Bonchev–Trinajstić information content (AvgIpc) is 3.42. The van der Waals surface area contributed by atoms with Crippen LogP contribution in [0, 0.1) is 0 Å². The largest absolute Gasteiger partial charge is 0.446 e. The molecule has 0 aliphatic carbocycles. The monoisotopic (exact) mass is 474 g/mol. The summed E-state index contributed by atoms with van der Waals surface area (Å²) in [6, 6.07) is 18.5. The Labute approximate surface area is 204 Å². The van der Waals surface area contributed by atoms with Crippen molar-refractivity contribution < 1.29 is 14.0 Å². The Morgan fingerprint density at radius 3 is 1.34 bits per heavy atom. The van der Waals surface area contributed by atoms with Crippen LogP contribution in [-0.4, -0.2) is 64.2 Å². The third kappa shape index (κ3) is 5.64. The van der Waals surface area contributed by atoms with Gasteiger partial charge in [0.25, 0.3) is 11.8 Å². The van der Waals surface area contributed by atoms with E-state index in [2.05, 4.69) is 31.1 Å². The van der Waals surface area contributed by atoms with Gasteiger partial charge in [-0.15, -0.1) is 0 Å². The first-order valence-electron chi connectivity index (χ1n) is 12.0. The van der Waals surface area contributed by atoms with Crippen LogP contribution in [-0.2, 0) is 0 Å². The van der Waals surface area contributed by atoms with Gasteiger partial charge in [-0.05, 0) is 60.7 Å². The van der Waals surface area contributed by atoms with Crippen molar-refractivity contribution in [2.45, 2.75) is 0 Å². The first-order chi connectivity index (χ1) is 17.2. The van der Waals surface area contributed by atoms with Crippen molar-refractivity contribution in [1.29, 1.82) is 0 Å². The highest BCUT2D eigenvalue weighted by Gasteiger charge is 2.17. The number of carbonyl (C=O) groups is 2. The summed E-state index contributed by atoms with van der Waals surface area (Å²) in [5.41, 5.74) is 3.59. The molecule has 0 unspecified atom stereocenters. The minimum absolute atomic E-state index is 0.0791. The van der Waals surface area contributed by atoms with E-state index in [-0.39, 0.29) is 11.5 Å². The van der Waals surface area contributed by atoms with E-state index in [9.17, 15) is 9.59 Å². The van der Waals surface area contributed by atoms with E-state index in [1.165, 1.54) is 12.1 Å². The second-order valence-electron chi connectivity index (χ2n) is 8.64. The Hall–Kier alpha value is -3.82. The summed E-state index contributed by atoms with van der Waals surface area (Å²) in [6.45, 7) is 7.71. The Bertz CT molecular complexity index is 1060. The zero-order valence-electron chi connectivity index (χ0n) is 19.5. The van der Waals surface area contributed by atoms with Gasteiger partial charge in [-0.3, -0.25) is 9.59 Å². The van der Waals surface area contributed by atoms with Gasteiger partial charge in [0.15, 0.2) is 11.5 Å². The Morgan fingerprint density at radius 1 is 0.600 bits per heavy atom. The highest BCUT2D eigenvalue weighted by atomic mass is 16.4. The summed E-state index contributed by atoms with van der Waals surface area (Å²) in [4.78, 5) is 29.8. The zero-order valence-corrected chi connectivity index (χ0v) is 19.5. The van der Waals surface area contributed by atoms with E-state index in [0.717, 1.165) is 63.7 Å². The van der Waals surface area contributed by atoms with Crippen LogP contribution in [0.15, 0.2) is 65.1 Å². The predicted octanol–water partition coefficient (Wildman–Crippen LogP) is 2.60. The Balaban J connectivity index is 1.16. The molecule has 0 atom stereocenters. The van der Waals surface area contributed by atoms with Crippen LogP contribution in [0.3, 0.4) is 0 Å². The molecule has 2 aliphatic heterocycles. The minimum Gasteiger partial charge on any atom is -0.446 e. The number of carbonyl (C=O) groups excluding carboxylic acids is 2. The molecule has 1 aromatic heterocycles. The van der Waals surface area contributed by atoms with Gasteiger partial charge in [0, 0.05) is 75.1 Å². The Morgan fingerprint density at radius 2 is 0.971 bits per heavy atom. The number of hydrogen-bond donors (Lipinski definition) is 4. The normalized spacial score (nSPS) is 16.1. The lowest BCUT2D eigenvalue weighted by molar-refractivity contribution is 0.0974. The number of nitrogens with one attached hydrogen (secondary N) is 4. The van der Waals surface area contributed by atoms with Crippen LogP contribution in [0.25, 0.3) is 0 Å². The van der Waals surface area contributed by atoms with Gasteiger partial charge in [0.2, 0.25) is 0 Å². The summed E-state index contributed by atoms with van der Waals surface area (Å²) in [6.07, 6.45) is 0. The molecule has 9 nitrogen and oxygen atoms in total. The first kappa shape index (κ1) is 22.9. The number of amides is 2. The standard InChI is InChI=1S/C26H30N6O3/c33-25(29-19-1-5-21(6-2-19)31-15-11-27-12-16-31)23-9-10-24(35-23)26(34)30-20-3-7-22(8-4-20)32-17-13-28-14-18-32/h1-10,27-28H,11-18H2,(H,29,33)(H,30,34). The highest BCUT2D eigenvalue weighted by molar-refractivity contribution is 6.05. The molecular formula is C26H30N6O3. The van der Waals surface area contributed by atoms with Gasteiger partial charge < -0.3 is 35.5 Å². The van der Waals surface area contributed by atoms with Gasteiger partial charge in [0.05, 0.1) is 0 Å². The van der Waals surface area contributed by atoms with Crippen molar-refractivity contribution >= 4 is 34.6 Å². The molecule has 4 N–H and O–H groups in total. The minimum atomic E-state index is -0.403. The summed E-state index contributed by atoms with van der Waals surface area (Å²) in [5, 5.41) is 12.3. The Kier molecular flexibility index (Phi) is 6.97. The molecule has 5 rings (SSSR count). The van der Waals surface area contributed by atoms with Crippen LogP contribution in [0.2, 0.25) is 0 Å². The van der Waals surface area contributed by atoms with Crippen molar-refractivity contribution in [1.82, 2.24) is 10.6 Å². The highest BCUT2D eigenvalue weighted by Crippen LogP contribution is 2.21. The maximum Gasteiger partial charge on any atom is 0.291 e. The molecule has 3 heterocycles. The molecule has 0 bridgehead atoms. The lowest BCUT2D eigenvalue weighted by atomic mass is 10.2. The second kappa shape index (κ2) is 10.6. The quantitative estimate of drug-likeness (QED) is 0.436. The molecular weight excluding hydrogens is 444 g/mol. The van der Waals surface area contributed by atoms with E-state index in [4.69, 9.17) is 4.42 Å². The van der Waals surface area contributed by atoms with Gasteiger partial charge in [-0.2, -0.15) is 0 Å². The summed E-state index contributed by atoms with van der Waals surface area (Å²) in [5.74, 6) is -0.649. The van der Waals surface area contributed by atoms with Crippen molar-refractivity contribution in [3.8, 4) is 0 Å².